The molecule has 0 heterocycles. The molecular weight excluding hydrogens is 355 g/mol. The number of rotatable bonds is 5. The lowest BCUT2D eigenvalue weighted by Crippen LogP contribution is -2.13. The molecule has 0 saturated carbocycles. The van der Waals surface area contributed by atoms with Crippen LogP contribution < -0.4 is 4.74 Å². The number of halogens is 3. The quantitative estimate of drug-likeness (QED) is 0.422. The van der Waals surface area contributed by atoms with Gasteiger partial charge in [0.25, 0.3) is 5.69 Å². The van der Waals surface area contributed by atoms with Gasteiger partial charge in [0.2, 0.25) is 0 Å². The Balaban J connectivity index is 2.36. The lowest BCUT2D eigenvalue weighted by molar-refractivity contribution is -0.385. The number of benzene rings is 2. The van der Waals surface area contributed by atoms with Gasteiger partial charge in [0, 0.05) is 12.1 Å². The van der Waals surface area contributed by atoms with Crippen LogP contribution in [0.15, 0.2) is 42.5 Å². The topological polar surface area (TPSA) is 78.7 Å². The molecule has 0 aliphatic rings. The van der Waals surface area contributed by atoms with E-state index in [1.54, 1.807) is 13.8 Å². The van der Waals surface area contributed by atoms with Crippen LogP contribution in [0.25, 0.3) is 0 Å². The third-order valence-corrected chi connectivity index (χ3v) is 3.12. The van der Waals surface area contributed by atoms with Gasteiger partial charge in [-0.3, -0.25) is 10.1 Å². The van der Waals surface area contributed by atoms with E-state index in [9.17, 15) is 28.1 Å². The summed E-state index contributed by atoms with van der Waals surface area (Å²) < 4.78 is 48.5. The van der Waals surface area contributed by atoms with Crippen LogP contribution in [0.4, 0.5) is 18.9 Å². The molecular formula is C17H14F3NO5. The zero-order valence-corrected chi connectivity index (χ0v) is 13.7. The summed E-state index contributed by atoms with van der Waals surface area (Å²) in [4.78, 5) is 22.3. The number of carbonyl (C=O) groups is 1. The second-order valence-electron chi connectivity index (χ2n) is 5.52. The number of carbonyl (C=O) groups excluding carboxylic acids is 1. The SMILES string of the molecule is CC(C)OC(=O)c1cc(Oc2cccc(C(F)(F)F)c2)ccc1[N+](=O)[O-]. The number of alkyl halides is 3. The molecule has 138 valence electrons. The molecule has 0 atom stereocenters. The molecule has 0 bridgehead atoms. The van der Waals surface area contributed by atoms with Crippen molar-refractivity contribution in [3.8, 4) is 11.5 Å². The first-order chi connectivity index (χ1) is 12.1. The molecule has 0 N–H and O–H groups in total. The second-order valence-corrected chi connectivity index (χ2v) is 5.52. The predicted molar refractivity (Wildman–Crippen MR) is 85.2 cm³/mol. The summed E-state index contributed by atoms with van der Waals surface area (Å²) >= 11 is 0. The van der Waals surface area contributed by atoms with Crippen LogP contribution in [0, 0.1) is 10.1 Å². The maximum absolute atomic E-state index is 12.7. The minimum absolute atomic E-state index is 0.0365. The summed E-state index contributed by atoms with van der Waals surface area (Å²) in [5, 5.41) is 11.1. The van der Waals surface area contributed by atoms with E-state index in [0.29, 0.717) is 0 Å². The van der Waals surface area contributed by atoms with Crippen LogP contribution in [-0.2, 0) is 10.9 Å². The summed E-state index contributed by atoms with van der Waals surface area (Å²) in [6.07, 6.45) is -5.05. The van der Waals surface area contributed by atoms with Crippen molar-refractivity contribution < 1.29 is 32.4 Å². The largest absolute Gasteiger partial charge is 0.459 e. The highest BCUT2D eigenvalue weighted by molar-refractivity contribution is 5.94. The molecule has 0 fully saturated rings. The van der Waals surface area contributed by atoms with Gasteiger partial charge in [0.15, 0.2) is 0 Å². The fourth-order valence-electron chi connectivity index (χ4n) is 2.05. The predicted octanol–water partition coefficient (Wildman–Crippen LogP) is 4.97. The molecule has 0 spiro atoms. The lowest BCUT2D eigenvalue weighted by atomic mass is 10.1. The summed E-state index contributed by atoms with van der Waals surface area (Å²) in [5.41, 5.74) is -1.75. The minimum Gasteiger partial charge on any atom is -0.459 e. The fraction of sp³-hybridized carbons (Fsp3) is 0.235. The maximum atomic E-state index is 12.7. The Bertz CT molecular complexity index is 833. The Morgan fingerprint density at radius 1 is 1.12 bits per heavy atom. The first-order valence-electron chi connectivity index (χ1n) is 7.42. The molecule has 6 nitrogen and oxygen atoms in total. The number of esters is 1. The molecule has 0 aliphatic carbocycles. The number of nitrogens with zero attached hydrogens (tertiary/aromatic N) is 1. The van der Waals surface area contributed by atoms with Gasteiger partial charge in [-0.15, -0.1) is 0 Å². The van der Waals surface area contributed by atoms with Crippen molar-refractivity contribution in [1.29, 1.82) is 0 Å². The molecule has 0 unspecified atom stereocenters. The Hall–Kier alpha value is -3.10. The highest BCUT2D eigenvalue weighted by Crippen LogP contribution is 2.33. The van der Waals surface area contributed by atoms with Crippen LogP contribution in [0.5, 0.6) is 11.5 Å². The van der Waals surface area contributed by atoms with E-state index in [2.05, 4.69) is 0 Å². The highest BCUT2D eigenvalue weighted by Gasteiger charge is 2.30. The minimum atomic E-state index is -4.54. The van der Waals surface area contributed by atoms with Gasteiger partial charge >= 0.3 is 12.1 Å². The summed E-state index contributed by atoms with van der Waals surface area (Å²) in [6.45, 7) is 3.15. The van der Waals surface area contributed by atoms with Gasteiger partial charge in [-0.1, -0.05) is 6.07 Å². The zero-order chi connectivity index (χ0) is 19.5. The smallest absolute Gasteiger partial charge is 0.416 e. The number of nitro benzene ring substituents is 1. The van der Waals surface area contributed by atoms with E-state index in [-0.39, 0.29) is 17.1 Å². The van der Waals surface area contributed by atoms with E-state index in [1.165, 1.54) is 12.1 Å². The van der Waals surface area contributed by atoms with Gasteiger partial charge in [0.1, 0.15) is 17.1 Å². The number of nitro groups is 1. The second kappa shape index (κ2) is 7.42. The van der Waals surface area contributed by atoms with Crippen molar-refractivity contribution in [2.24, 2.45) is 0 Å². The molecule has 26 heavy (non-hydrogen) atoms. The maximum Gasteiger partial charge on any atom is 0.416 e. The Morgan fingerprint density at radius 3 is 2.35 bits per heavy atom. The summed E-state index contributed by atoms with van der Waals surface area (Å²) in [7, 11) is 0. The molecule has 0 amide bonds. The van der Waals surface area contributed by atoms with Crippen LogP contribution in [0.1, 0.15) is 29.8 Å². The van der Waals surface area contributed by atoms with Crippen molar-refractivity contribution in [2.75, 3.05) is 0 Å². The molecule has 2 aromatic carbocycles. The normalized spacial score (nSPS) is 11.3. The van der Waals surface area contributed by atoms with Crippen molar-refractivity contribution in [1.82, 2.24) is 0 Å². The third kappa shape index (κ3) is 4.71. The Labute approximate surface area is 146 Å². The number of hydrogen-bond acceptors (Lipinski definition) is 5. The zero-order valence-electron chi connectivity index (χ0n) is 13.7. The van der Waals surface area contributed by atoms with Crippen molar-refractivity contribution in [2.45, 2.75) is 26.1 Å². The molecule has 2 rings (SSSR count). The van der Waals surface area contributed by atoms with E-state index >= 15 is 0 Å². The van der Waals surface area contributed by atoms with Crippen molar-refractivity contribution in [3.63, 3.8) is 0 Å². The number of ether oxygens (including phenoxy) is 2. The van der Waals surface area contributed by atoms with E-state index in [0.717, 1.165) is 30.3 Å². The summed E-state index contributed by atoms with van der Waals surface area (Å²) in [5.74, 6) is -1.09. The van der Waals surface area contributed by atoms with Gasteiger partial charge in [-0.2, -0.15) is 13.2 Å². The van der Waals surface area contributed by atoms with E-state index in [1.807, 2.05) is 0 Å². The molecule has 2 aromatic rings. The first kappa shape index (κ1) is 19.2. The Kier molecular flexibility index (Phi) is 5.49. The standard InChI is InChI=1S/C17H14F3NO5/c1-10(2)25-16(22)14-9-13(6-7-15(14)21(23)24)26-12-5-3-4-11(8-12)17(18,19)20/h3-10H,1-2H3. The van der Waals surface area contributed by atoms with Crippen LogP contribution in [-0.4, -0.2) is 17.0 Å². The van der Waals surface area contributed by atoms with Crippen LogP contribution >= 0.6 is 0 Å². The van der Waals surface area contributed by atoms with Gasteiger partial charge in [-0.25, -0.2) is 4.79 Å². The van der Waals surface area contributed by atoms with Gasteiger partial charge in [-0.05, 0) is 38.1 Å². The third-order valence-electron chi connectivity index (χ3n) is 3.12. The first-order valence-corrected chi connectivity index (χ1v) is 7.42. The van der Waals surface area contributed by atoms with E-state index in [4.69, 9.17) is 9.47 Å². The fourth-order valence-corrected chi connectivity index (χ4v) is 2.05. The molecule has 0 aromatic heterocycles. The number of hydrogen-bond donors (Lipinski definition) is 0. The van der Waals surface area contributed by atoms with Crippen LogP contribution in [0.3, 0.4) is 0 Å². The highest BCUT2D eigenvalue weighted by atomic mass is 19.4. The van der Waals surface area contributed by atoms with Gasteiger partial charge < -0.3 is 9.47 Å². The van der Waals surface area contributed by atoms with Crippen molar-refractivity contribution >= 4 is 11.7 Å². The Morgan fingerprint density at radius 2 is 1.77 bits per heavy atom. The monoisotopic (exact) mass is 369 g/mol. The lowest BCUT2D eigenvalue weighted by Gasteiger charge is -2.12. The molecule has 0 saturated heterocycles. The average Bonchev–Trinajstić information content (AvgIpc) is 2.53. The van der Waals surface area contributed by atoms with Gasteiger partial charge in [0.05, 0.1) is 16.6 Å². The van der Waals surface area contributed by atoms with E-state index < -0.39 is 34.4 Å². The molecule has 9 heteroatoms. The molecule has 0 radical (unpaired) electrons. The summed E-state index contributed by atoms with van der Waals surface area (Å²) in [6, 6.07) is 7.40. The molecule has 0 aliphatic heterocycles. The van der Waals surface area contributed by atoms with Crippen LogP contribution in [0.2, 0.25) is 0 Å². The average molecular weight is 369 g/mol. The van der Waals surface area contributed by atoms with Crippen molar-refractivity contribution in [3.05, 3.63) is 63.7 Å².